The summed E-state index contributed by atoms with van der Waals surface area (Å²) in [6.07, 6.45) is 0. The van der Waals surface area contributed by atoms with Crippen LogP contribution in [-0.2, 0) is 0 Å². The molecule has 3 N–H and O–H groups in total. The minimum absolute atomic E-state index is 0.664. The van der Waals surface area contributed by atoms with Gasteiger partial charge in [-0.2, -0.15) is 0 Å². The second kappa shape index (κ2) is 3.19. The van der Waals surface area contributed by atoms with E-state index >= 15 is 0 Å². The van der Waals surface area contributed by atoms with Gasteiger partial charge in [0.15, 0.2) is 0 Å². The molecule has 0 saturated heterocycles. The summed E-state index contributed by atoms with van der Waals surface area (Å²) in [5.41, 5.74) is 5.15. The molecule has 0 saturated carbocycles. The summed E-state index contributed by atoms with van der Waals surface area (Å²) in [4.78, 5) is 0. The molecule has 0 aromatic carbocycles. The normalized spacial score (nSPS) is 7.50. The zero-order chi connectivity index (χ0) is 4.99. The van der Waals surface area contributed by atoms with Crippen LogP contribution in [0.5, 0.6) is 0 Å². The summed E-state index contributed by atoms with van der Waals surface area (Å²) >= 11 is 2.62. The summed E-state index contributed by atoms with van der Waals surface area (Å²) < 4.78 is 0.664. The molecule has 0 radical (unpaired) electrons. The third-order valence-corrected chi connectivity index (χ3v) is 0.654. The summed E-state index contributed by atoms with van der Waals surface area (Å²) in [5.74, 6) is 0. The third kappa shape index (κ3) is 3.99. The van der Waals surface area contributed by atoms with Crippen LogP contribution in [-0.4, -0.2) is 26.8 Å². The van der Waals surface area contributed by atoms with Crippen molar-refractivity contribution in [1.29, 1.82) is 0 Å². The van der Waals surface area contributed by atoms with E-state index < -0.39 is 0 Å². The molecule has 36 valence electrons. The predicted octanol–water partition coefficient (Wildman–Crippen LogP) is -1.19. The van der Waals surface area contributed by atoms with E-state index in [-0.39, 0.29) is 0 Å². The molecule has 6 heavy (non-hydrogen) atoms. The van der Waals surface area contributed by atoms with Crippen LogP contribution in [0.3, 0.4) is 0 Å². The number of hydrogen-bond donors (Lipinski definition) is 2. The van der Waals surface area contributed by atoms with Crippen LogP contribution in [0, 0.1) is 0 Å². The molecular formula is C3H8N2Se. The first-order valence-corrected chi connectivity index (χ1v) is 2.66. The van der Waals surface area contributed by atoms with Crippen molar-refractivity contribution in [1.82, 2.24) is 5.32 Å². The van der Waals surface area contributed by atoms with Crippen molar-refractivity contribution in [3.63, 3.8) is 0 Å². The van der Waals surface area contributed by atoms with Gasteiger partial charge in [0.1, 0.15) is 0 Å². The van der Waals surface area contributed by atoms with Crippen LogP contribution in [0.2, 0.25) is 0 Å². The van der Waals surface area contributed by atoms with E-state index in [1.165, 1.54) is 0 Å². The van der Waals surface area contributed by atoms with Crippen LogP contribution in [0.4, 0.5) is 0 Å². The number of hydrogen-bond acceptors (Lipinski definition) is 2. The zero-order valence-electron chi connectivity index (χ0n) is 3.69. The monoisotopic (exact) mass is 152 g/mol. The van der Waals surface area contributed by atoms with E-state index in [9.17, 15) is 0 Å². The topological polar surface area (TPSA) is 38.0 Å². The quantitative estimate of drug-likeness (QED) is 0.487. The molecule has 0 fully saturated rings. The molecule has 0 aromatic rings. The van der Waals surface area contributed by atoms with Gasteiger partial charge in [-0.15, -0.1) is 0 Å². The standard InChI is InChI=1S/C3H8N2Se/c1-2-5-3(4)6/h2H2,1H3,(H3,4,5,6). The van der Waals surface area contributed by atoms with Crippen LogP contribution in [0.15, 0.2) is 0 Å². The second-order valence-corrected chi connectivity index (χ2v) is 1.82. The van der Waals surface area contributed by atoms with Crippen LogP contribution < -0.4 is 11.1 Å². The molecule has 0 aliphatic carbocycles. The van der Waals surface area contributed by atoms with Gasteiger partial charge in [-0.25, -0.2) is 0 Å². The fourth-order valence-electron chi connectivity index (χ4n) is 0.174. The van der Waals surface area contributed by atoms with Crippen molar-refractivity contribution in [3.8, 4) is 0 Å². The Morgan fingerprint density at radius 1 is 2.00 bits per heavy atom. The molecule has 0 rings (SSSR count). The summed E-state index contributed by atoms with van der Waals surface area (Å²) in [5, 5.41) is 2.85. The first-order chi connectivity index (χ1) is 2.77. The Morgan fingerprint density at radius 3 is 2.50 bits per heavy atom. The van der Waals surface area contributed by atoms with Crippen molar-refractivity contribution < 1.29 is 0 Å². The molecule has 0 amide bonds. The van der Waals surface area contributed by atoms with E-state index in [2.05, 4.69) is 20.9 Å². The number of nitrogens with one attached hydrogen (secondary N) is 1. The SMILES string of the molecule is CCNC(N)=[Se]. The number of rotatable bonds is 2. The minimum atomic E-state index is 0.664. The molecule has 0 aliphatic rings. The second-order valence-electron chi connectivity index (χ2n) is 0.895. The first kappa shape index (κ1) is 5.99. The van der Waals surface area contributed by atoms with Gasteiger partial charge in [0.05, 0.1) is 0 Å². The van der Waals surface area contributed by atoms with E-state index in [1.54, 1.807) is 0 Å². The molecule has 0 spiro atoms. The third-order valence-electron chi connectivity index (χ3n) is 0.351. The molecule has 0 aliphatic heterocycles. The van der Waals surface area contributed by atoms with Crippen LogP contribution in [0.25, 0.3) is 0 Å². The molecule has 0 heterocycles. The van der Waals surface area contributed by atoms with Crippen molar-refractivity contribution in [2.24, 2.45) is 5.73 Å². The van der Waals surface area contributed by atoms with Crippen LogP contribution in [0.1, 0.15) is 6.92 Å². The van der Waals surface area contributed by atoms with Gasteiger partial charge in [-0.05, 0) is 0 Å². The van der Waals surface area contributed by atoms with Crippen molar-refractivity contribution in [2.75, 3.05) is 6.54 Å². The summed E-state index contributed by atoms with van der Waals surface area (Å²) in [6.45, 7) is 2.88. The van der Waals surface area contributed by atoms with Gasteiger partial charge in [-0.1, -0.05) is 0 Å². The van der Waals surface area contributed by atoms with Gasteiger partial charge in [0.25, 0.3) is 0 Å². The molecular weight excluding hydrogens is 143 g/mol. The maximum absolute atomic E-state index is 5.15. The van der Waals surface area contributed by atoms with E-state index in [4.69, 9.17) is 5.73 Å². The van der Waals surface area contributed by atoms with Gasteiger partial charge < -0.3 is 0 Å². The van der Waals surface area contributed by atoms with Gasteiger partial charge in [-0.3, -0.25) is 0 Å². The maximum atomic E-state index is 5.15. The molecule has 2 nitrogen and oxygen atoms in total. The number of nitrogens with two attached hydrogens (primary N) is 1. The molecule has 0 aromatic heterocycles. The summed E-state index contributed by atoms with van der Waals surface area (Å²) in [6, 6.07) is 0. The Hall–Kier alpha value is -0.0105. The zero-order valence-corrected chi connectivity index (χ0v) is 5.41. The van der Waals surface area contributed by atoms with E-state index in [0.717, 1.165) is 6.54 Å². The Morgan fingerprint density at radius 2 is 2.50 bits per heavy atom. The first-order valence-electron chi connectivity index (χ1n) is 1.80. The molecule has 0 unspecified atom stereocenters. The Labute approximate surface area is 45.5 Å². The Bertz CT molecular complexity index is 52.8. The average Bonchev–Trinajstić information content (AvgIpc) is 1.35. The van der Waals surface area contributed by atoms with E-state index in [1.807, 2.05) is 6.92 Å². The van der Waals surface area contributed by atoms with Gasteiger partial charge in [0.2, 0.25) is 0 Å². The Balaban J connectivity index is 2.83. The van der Waals surface area contributed by atoms with Gasteiger partial charge >= 0.3 is 44.8 Å². The molecule has 0 atom stereocenters. The van der Waals surface area contributed by atoms with Crippen LogP contribution >= 0.6 is 0 Å². The van der Waals surface area contributed by atoms with E-state index in [0.29, 0.717) is 4.67 Å². The Kier molecular flexibility index (Phi) is 3.18. The molecule has 0 bridgehead atoms. The van der Waals surface area contributed by atoms with Crippen molar-refractivity contribution >= 4 is 20.2 Å². The fraction of sp³-hybridized carbons (Fsp3) is 0.667. The summed E-state index contributed by atoms with van der Waals surface area (Å²) in [7, 11) is 0. The fourth-order valence-corrected chi connectivity index (χ4v) is 0.477. The molecule has 3 heteroatoms. The van der Waals surface area contributed by atoms with Crippen molar-refractivity contribution in [3.05, 3.63) is 0 Å². The van der Waals surface area contributed by atoms with Gasteiger partial charge in [0, 0.05) is 0 Å². The predicted molar refractivity (Wildman–Crippen MR) is 28.6 cm³/mol. The van der Waals surface area contributed by atoms with Crippen molar-refractivity contribution in [2.45, 2.75) is 6.92 Å². The average molecular weight is 151 g/mol.